The number of nitrogens with two attached hydrogens (primary N) is 2. The molecule has 0 aliphatic heterocycles. The van der Waals surface area contributed by atoms with Crippen LogP contribution in [0.1, 0.15) is 6.92 Å². The summed E-state index contributed by atoms with van der Waals surface area (Å²) in [6.07, 6.45) is -0.167. The van der Waals surface area contributed by atoms with Gasteiger partial charge in [0.15, 0.2) is 0 Å². The fraction of sp³-hybridized carbons (Fsp3) is 1.00. The van der Waals surface area contributed by atoms with Gasteiger partial charge in [-0.25, -0.2) is 0 Å². The van der Waals surface area contributed by atoms with Crippen molar-refractivity contribution in [2.24, 2.45) is 11.5 Å². The largest absolute Gasteiger partial charge is 2.00 e. The van der Waals surface area contributed by atoms with Crippen LogP contribution in [0.25, 0.3) is 0 Å². The summed E-state index contributed by atoms with van der Waals surface area (Å²) < 4.78 is 0. The number of hydrogen-bond acceptors (Lipinski definition) is 8. The van der Waals surface area contributed by atoms with Gasteiger partial charge in [-0.05, 0) is 6.92 Å². The van der Waals surface area contributed by atoms with Crippen molar-refractivity contribution in [3.63, 3.8) is 0 Å². The first-order chi connectivity index (χ1) is 5.20. The molecule has 0 amide bonds. The summed E-state index contributed by atoms with van der Waals surface area (Å²) in [6.45, 7) is 1.72. The van der Waals surface area contributed by atoms with E-state index in [1.54, 1.807) is 6.92 Å². The summed E-state index contributed by atoms with van der Waals surface area (Å²) >= 11 is 0. The molecule has 0 spiro atoms. The third-order valence-corrected chi connectivity index (χ3v) is 0. The molecule has 0 heterocycles. The van der Waals surface area contributed by atoms with Crippen LogP contribution in [0, 0.1) is 30.6 Å². The minimum absolute atomic E-state index is 0. The molecule has 0 aromatic heterocycles. The van der Waals surface area contributed by atoms with E-state index in [1.807, 2.05) is 0 Å². The summed E-state index contributed by atoms with van der Waals surface area (Å²) in [5, 5.41) is 29.5. The molecular formula is C2H8N4O6Pd. The normalized spacial score (nSPS) is 6.46. The van der Waals surface area contributed by atoms with Crippen molar-refractivity contribution in [1.29, 1.82) is 0 Å². The van der Waals surface area contributed by atoms with Crippen molar-refractivity contribution in [2.75, 3.05) is 0 Å². The van der Waals surface area contributed by atoms with Crippen molar-refractivity contribution >= 4 is 0 Å². The van der Waals surface area contributed by atoms with E-state index < -0.39 is 10.2 Å². The molecule has 0 bridgehead atoms. The molecule has 0 aliphatic rings. The Labute approximate surface area is 86.4 Å². The fourth-order valence-electron chi connectivity index (χ4n) is 0. The van der Waals surface area contributed by atoms with E-state index in [1.165, 1.54) is 0 Å². The van der Waals surface area contributed by atoms with Crippen LogP contribution in [0.15, 0.2) is 0 Å². The Morgan fingerprint density at radius 1 is 1.00 bits per heavy atom. The first-order valence-electron chi connectivity index (χ1n) is 2.34. The summed E-state index contributed by atoms with van der Waals surface area (Å²) in [4.78, 5) is 16.5. The minimum Gasteiger partial charge on any atom is -0.356 e. The van der Waals surface area contributed by atoms with Crippen LogP contribution in [0.2, 0.25) is 0 Å². The molecule has 82 valence electrons. The summed E-state index contributed by atoms with van der Waals surface area (Å²) in [5.74, 6) is 0. The zero-order valence-corrected chi connectivity index (χ0v) is 7.95. The monoisotopic (exact) mass is 290 g/mol. The molecule has 0 rings (SSSR count). The van der Waals surface area contributed by atoms with E-state index in [2.05, 4.69) is 0 Å². The second kappa shape index (κ2) is 17.2. The summed E-state index contributed by atoms with van der Waals surface area (Å²) in [6, 6.07) is 0. The van der Waals surface area contributed by atoms with Crippen molar-refractivity contribution in [2.45, 2.75) is 13.1 Å². The molecular weight excluding hydrogens is 282 g/mol. The first-order valence-corrected chi connectivity index (χ1v) is 2.34. The number of rotatable bonds is 0. The van der Waals surface area contributed by atoms with Gasteiger partial charge in [0.1, 0.15) is 0 Å². The van der Waals surface area contributed by atoms with Gasteiger partial charge in [0.25, 0.3) is 0 Å². The van der Waals surface area contributed by atoms with Gasteiger partial charge in [-0.2, -0.15) is 0 Å². The Morgan fingerprint density at radius 2 is 1.00 bits per heavy atom. The Kier molecular flexibility index (Phi) is 30.0. The SMILES string of the molecule is CC(N)N.O=[N+]([O-])[O-].O=[N+]([O-])[O-].[Pd+2]. The first kappa shape index (κ1) is 22.7. The van der Waals surface area contributed by atoms with Gasteiger partial charge >= 0.3 is 20.4 Å². The van der Waals surface area contributed by atoms with Crippen LogP contribution >= 0.6 is 0 Å². The molecule has 4 N–H and O–H groups in total. The van der Waals surface area contributed by atoms with Gasteiger partial charge in [-0.15, -0.1) is 0 Å². The van der Waals surface area contributed by atoms with Crippen LogP contribution in [-0.2, 0) is 20.4 Å². The molecule has 11 heteroatoms. The quantitative estimate of drug-likeness (QED) is 0.240. The van der Waals surface area contributed by atoms with Gasteiger partial charge in [-0.3, -0.25) is 0 Å². The Hall–Kier alpha value is -1.02. The van der Waals surface area contributed by atoms with Crippen LogP contribution in [0.4, 0.5) is 0 Å². The van der Waals surface area contributed by atoms with Crippen LogP contribution < -0.4 is 11.5 Å². The number of nitrogens with zero attached hydrogens (tertiary/aromatic N) is 2. The third-order valence-electron chi connectivity index (χ3n) is 0. The van der Waals surface area contributed by atoms with E-state index in [4.69, 9.17) is 42.1 Å². The molecule has 0 atom stereocenters. The maximum atomic E-state index is 8.25. The topological polar surface area (TPSA) is 184 Å². The molecule has 0 aromatic carbocycles. The van der Waals surface area contributed by atoms with Gasteiger partial charge in [0.05, 0.1) is 10.2 Å². The van der Waals surface area contributed by atoms with Crippen molar-refractivity contribution in [1.82, 2.24) is 0 Å². The second-order valence-electron chi connectivity index (χ2n) is 1.31. The standard InChI is InChI=1S/C2H8N2.2NO3.Pd/c1-2(3)4;2*2-1(3)4;/h2H,3-4H2,1H3;;;/q;2*-1;+2. The van der Waals surface area contributed by atoms with Crippen LogP contribution in [-0.4, -0.2) is 16.3 Å². The zero-order chi connectivity index (χ0) is 10.7. The average Bonchev–Trinajstić information content (AvgIpc) is 1.54. The number of hydrogen-bond donors (Lipinski definition) is 2. The van der Waals surface area contributed by atoms with Gasteiger partial charge in [0, 0.05) is 6.17 Å². The van der Waals surface area contributed by atoms with E-state index >= 15 is 0 Å². The third kappa shape index (κ3) is 856. The molecule has 10 nitrogen and oxygen atoms in total. The molecule has 0 saturated carbocycles. The fourth-order valence-corrected chi connectivity index (χ4v) is 0. The minimum atomic E-state index is -1.75. The van der Waals surface area contributed by atoms with Gasteiger partial charge < -0.3 is 42.1 Å². The Morgan fingerprint density at radius 3 is 1.00 bits per heavy atom. The average molecular weight is 291 g/mol. The maximum Gasteiger partial charge on any atom is 2.00 e. The predicted molar refractivity (Wildman–Crippen MR) is 38.6 cm³/mol. The molecule has 0 aromatic rings. The zero-order valence-electron chi connectivity index (χ0n) is 6.39. The van der Waals surface area contributed by atoms with Crippen LogP contribution in [0.3, 0.4) is 0 Å². The van der Waals surface area contributed by atoms with E-state index in [0.29, 0.717) is 0 Å². The van der Waals surface area contributed by atoms with Gasteiger partial charge in [-0.1, -0.05) is 0 Å². The molecule has 0 unspecified atom stereocenters. The van der Waals surface area contributed by atoms with Crippen LogP contribution in [0.5, 0.6) is 0 Å². The van der Waals surface area contributed by atoms with E-state index in [-0.39, 0.29) is 26.6 Å². The molecule has 13 heavy (non-hydrogen) atoms. The smallest absolute Gasteiger partial charge is 0.356 e. The van der Waals surface area contributed by atoms with E-state index in [9.17, 15) is 0 Å². The van der Waals surface area contributed by atoms with Gasteiger partial charge in [0.2, 0.25) is 0 Å². The van der Waals surface area contributed by atoms with E-state index in [0.717, 1.165) is 0 Å². The molecule has 0 radical (unpaired) electrons. The van der Waals surface area contributed by atoms with Crippen molar-refractivity contribution < 1.29 is 30.6 Å². The molecule has 0 saturated heterocycles. The maximum absolute atomic E-state index is 8.25. The van der Waals surface area contributed by atoms with Crippen molar-refractivity contribution in [3.05, 3.63) is 30.6 Å². The molecule has 0 aliphatic carbocycles. The molecule has 0 fully saturated rings. The Bertz CT molecular complexity index is 107. The second-order valence-corrected chi connectivity index (χ2v) is 1.31. The Balaban J connectivity index is -0.0000000450. The summed E-state index contributed by atoms with van der Waals surface area (Å²) in [7, 11) is 0. The summed E-state index contributed by atoms with van der Waals surface area (Å²) in [5.41, 5.74) is 9.78. The van der Waals surface area contributed by atoms with Crippen molar-refractivity contribution in [3.8, 4) is 0 Å². The predicted octanol–water partition coefficient (Wildman–Crippen LogP) is -1.23.